The molecule has 2 rings (SSSR count). The van der Waals surface area contributed by atoms with Gasteiger partial charge in [-0.25, -0.2) is 4.39 Å². The maximum Gasteiger partial charge on any atom is 0.141 e. The summed E-state index contributed by atoms with van der Waals surface area (Å²) < 4.78 is 13.3. The highest BCUT2D eigenvalue weighted by atomic mass is 19.1. The molecule has 0 heterocycles. The molecule has 0 spiro atoms. The minimum absolute atomic E-state index is 0.0597. The average Bonchev–Trinajstić information content (AvgIpc) is 3.11. The zero-order valence-electron chi connectivity index (χ0n) is 9.79. The molecule has 0 aromatic heterocycles. The molecule has 0 N–H and O–H groups in total. The van der Waals surface area contributed by atoms with Gasteiger partial charge in [0.15, 0.2) is 0 Å². The summed E-state index contributed by atoms with van der Waals surface area (Å²) in [5, 5.41) is 8.75. The number of Topliss-reactive ketones (excluding diaryl/α,β-unsaturated/α-hetero) is 1. The Bertz CT molecular complexity index is 498. The van der Waals surface area contributed by atoms with Crippen molar-refractivity contribution in [1.29, 1.82) is 5.26 Å². The van der Waals surface area contributed by atoms with Gasteiger partial charge in [0.05, 0.1) is 5.56 Å². The minimum atomic E-state index is -0.484. The summed E-state index contributed by atoms with van der Waals surface area (Å²) in [5.74, 6) is 0.0840. The number of rotatable bonds is 4. The largest absolute Gasteiger partial charge is 0.299 e. The van der Waals surface area contributed by atoms with E-state index in [1.807, 2.05) is 6.07 Å². The van der Waals surface area contributed by atoms with Crippen molar-refractivity contribution in [3.8, 4) is 6.07 Å². The van der Waals surface area contributed by atoms with E-state index in [9.17, 15) is 9.18 Å². The van der Waals surface area contributed by atoms with Crippen LogP contribution in [0.15, 0.2) is 12.1 Å². The molecule has 1 aromatic carbocycles. The van der Waals surface area contributed by atoms with Gasteiger partial charge in [-0.2, -0.15) is 5.26 Å². The molecule has 1 aromatic rings. The normalized spacial score (nSPS) is 14.4. The number of nitrogens with zero attached hydrogens (tertiary/aromatic N) is 1. The Morgan fingerprint density at radius 2 is 2.24 bits per heavy atom. The lowest BCUT2D eigenvalue weighted by atomic mass is 9.99. The maximum atomic E-state index is 13.3. The number of benzene rings is 1. The Kier molecular flexibility index (Phi) is 3.23. The molecule has 17 heavy (non-hydrogen) atoms. The molecule has 2 nitrogen and oxygen atoms in total. The Labute approximate surface area is 100 Å². The van der Waals surface area contributed by atoms with Gasteiger partial charge in [0, 0.05) is 12.3 Å². The molecular formula is C14H14FNO. The lowest BCUT2D eigenvalue weighted by molar-refractivity contribution is -0.120. The molecule has 0 aliphatic heterocycles. The van der Waals surface area contributed by atoms with E-state index in [0.717, 1.165) is 24.0 Å². The fraction of sp³-hybridized carbons (Fsp3) is 0.429. The van der Waals surface area contributed by atoms with Crippen LogP contribution in [0.5, 0.6) is 0 Å². The number of ketones is 1. The van der Waals surface area contributed by atoms with E-state index in [4.69, 9.17) is 5.26 Å². The van der Waals surface area contributed by atoms with Crippen molar-refractivity contribution in [3.63, 3.8) is 0 Å². The summed E-state index contributed by atoms with van der Waals surface area (Å²) in [5.41, 5.74) is 1.77. The SMILES string of the molecule is Cc1cc(F)c(C#N)cc1CCC(=O)C1CC1. The third-order valence-corrected chi connectivity index (χ3v) is 3.22. The molecule has 0 radical (unpaired) electrons. The second kappa shape index (κ2) is 4.67. The van der Waals surface area contributed by atoms with Crippen LogP contribution in [-0.2, 0) is 11.2 Å². The van der Waals surface area contributed by atoms with Crippen molar-refractivity contribution in [3.05, 3.63) is 34.6 Å². The zero-order chi connectivity index (χ0) is 12.4. The molecular weight excluding hydrogens is 217 g/mol. The predicted octanol–water partition coefficient (Wildman–Crippen LogP) is 2.92. The first-order chi connectivity index (χ1) is 8.11. The quantitative estimate of drug-likeness (QED) is 0.799. The Morgan fingerprint density at radius 1 is 1.53 bits per heavy atom. The molecule has 1 aliphatic carbocycles. The van der Waals surface area contributed by atoms with Crippen LogP contribution < -0.4 is 0 Å². The van der Waals surface area contributed by atoms with E-state index in [1.54, 1.807) is 13.0 Å². The molecule has 0 amide bonds. The number of hydrogen-bond donors (Lipinski definition) is 0. The minimum Gasteiger partial charge on any atom is -0.299 e. The third-order valence-electron chi connectivity index (χ3n) is 3.22. The summed E-state index contributed by atoms with van der Waals surface area (Å²) >= 11 is 0. The average molecular weight is 231 g/mol. The summed E-state index contributed by atoms with van der Waals surface area (Å²) in [6, 6.07) is 4.76. The van der Waals surface area contributed by atoms with Gasteiger partial charge in [-0.15, -0.1) is 0 Å². The number of halogens is 1. The highest BCUT2D eigenvalue weighted by Gasteiger charge is 2.28. The van der Waals surface area contributed by atoms with Gasteiger partial charge in [0.2, 0.25) is 0 Å². The molecule has 0 bridgehead atoms. The standard InChI is InChI=1S/C14H14FNO/c1-9-6-13(15)12(8-16)7-11(9)4-5-14(17)10-2-3-10/h6-7,10H,2-5H2,1H3. The molecule has 88 valence electrons. The van der Waals surface area contributed by atoms with Gasteiger partial charge in [-0.05, 0) is 49.4 Å². The van der Waals surface area contributed by atoms with Gasteiger partial charge in [-0.1, -0.05) is 0 Å². The second-order valence-electron chi connectivity index (χ2n) is 4.61. The van der Waals surface area contributed by atoms with Crippen molar-refractivity contribution in [2.45, 2.75) is 32.6 Å². The Morgan fingerprint density at radius 3 is 2.82 bits per heavy atom. The molecule has 0 atom stereocenters. The van der Waals surface area contributed by atoms with Crippen LogP contribution in [0.4, 0.5) is 4.39 Å². The molecule has 1 aliphatic rings. The van der Waals surface area contributed by atoms with Crippen molar-refractivity contribution in [2.75, 3.05) is 0 Å². The highest BCUT2D eigenvalue weighted by Crippen LogP contribution is 2.31. The van der Waals surface area contributed by atoms with E-state index in [2.05, 4.69) is 0 Å². The summed E-state index contributed by atoms with van der Waals surface area (Å²) in [7, 11) is 0. The zero-order valence-corrected chi connectivity index (χ0v) is 9.79. The molecule has 1 fully saturated rings. The van der Waals surface area contributed by atoms with E-state index in [-0.39, 0.29) is 11.5 Å². The Hall–Kier alpha value is -1.69. The van der Waals surface area contributed by atoms with E-state index < -0.39 is 5.82 Å². The summed E-state index contributed by atoms with van der Waals surface area (Å²) in [6.07, 6.45) is 3.15. The topological polar surface area (TPSA) is 40.9 Å². The van der Waals surface area contributed by atoms with Crippen LogP contribution in [0.3, 0.4) is 0 Å². The van der Waals surface area contributed by atoms with Crippen LogP contribution in [0.2, 0.25) is 0 Å². The highest BCUT2D eigenvalue weighted by molar-refractivity contribution is 5.83. The first-order valence-corrected chi connectivity index (χ1v) is 5.83. The van der Waals surface area contributed by atoms with Gasteiger partial charge in [-0.3, -0.25) is 4.79 Å². The van der Waals surface area contributed by atoms with Crippen molar-refractivity contribution in [1.82, 2.24) is 0 Å². The van der Waals surface area contributed by atoms with Crippen molar-refractivity contribution < 1.29 is 9.18 Å². The smallest absolute Gasteiger partial charge is 0.141 e. The fourth-order valence-corrected chi connectivity index (χ4v) is 1.94. The van der Waals surface area contributed by atoms with Crippen molar-refractivity contribution >= 4 is 5.78 Å². The lowest BCUT2D eigenvalue weighted by Gasteiger charge is -2.06. The second-order valence-corrected chi connectivity index (χ2v) is 4.61. The predicted molar refractivity (Wildman–Crippen MR) is 61.9 cm³/mol. The number of aryl methyl sites for hydroxylation is 2. The van der Waals surface area contributed by atoms with Crippen LogP contribution in [-0.4, -0.2) is 5.78 Å². The van der Waals surface area contributed by atoms with E-state index >= 15 is 0 Å². The molecule has 0 unspecified atom stereocenters. The summed E-state index contributed by atoms with van der Waals surface area (Å²) in [6.45, 7) is 1.81. The number of carbonyl (C=O) groups is 1. The van der Waals surface area contributed by atoms with Crippen LogP contribution >= 0.6 is 0 Å². The number of carbonyl (C=O) groups excluding carboxylic acids is 1. The maximum absolute atomic E-state index is 13.3. The monoisotopic (exact) mass is 231 g/mol. The number of nitriles is 1. The first kappa shape index (κ1) is 11.8. The van der Waals surface area contributed by atoms with Gasteiger partial charge < -0.3 is 0 Å². The van der Waals surface area contributed by atoms with Gasteiger partial charge in [0.25, 0.3) is 0 Å². The van der Waals surface area contributed by atoms with Crippen LogP contribution in [0, 0.1) is 30.0 Å². The van der Waals surface area contributed by atoms with Crippen molar-refractivity contribution in [2.24, 2.45) is 5.92 Å². The van der Waals surface area contributed by atoms with Gasteiger partial charge in [0.1, 0.15) is 17.7 Å². The fourth-order valence-electron chi connectivity index (χ4n) is 1.94. The third kappa shape index (κ3) is 2.71. The number of hydrogen-bond acceptors (Lipinski definition) is 2. The molecule has 3 heteroatoms. The molecule has 1 saturated carbocycles. The van der Waals surface area contributed by atoms with Crippen LogP contribution in [0.1, 0.15) is 36.0 Å². The van der Waals surface area contributed by atoms with Gasteiger partial charge >= 0.3 is 0 Å². The first-order valence-electron chi connectivity index (χ1n) is 5.83. The molecule has 0 saturated heterocycles. The lowest BCUT2D eigenvalue weighted by Crippen LogP contribution is -2.03. The van der Waals surface area contributed by atoms with E-state index in [0.29, 0.717) is 18.6 Å². The van der Waals surface area contributed by atoms with E-state index in [1.165, 1.54) is 6.07 Å². The summed E-state index contributed by atoms with van der Waals surface area (Å²) in [4.78, 5) is 11.6. The van der Waals surface area contributed by atoms with Crippen LogP contribution in [0.25, 0.3) is 0 Å². The Balaban J connectivity index is 2.09.